The van der Waals surface area contributed by atoms with Crippen LogP contribution in [0.5, 0.6) is 0 Å². The zero-order chi connectivity index (χ0) is 13.3. The van der Waals surface area contributed by atoms with Crippen molar-refractivity contribution in [3.8, 4) is 0 Å². The van der Waals surface area contributed by atoms with Crippen LogP contribution >= 0.6 is 11.8 Å². The molecule has 104 valence electrons. The molecule has 4 heteroatoms. The molecule has 2 fully saturated rings. The van der Waals surface area contributed by atoms with Gasteiger partial charge < -0.3 is 4.90 Å². The van der Waals surface area contributed by atoms with Crippen LogP contribution in [0.2, 0.25) is 0 Å². The first-order valence-corrected chi connectivity index (χ1v) is 8.16. The van der Waals surface area contributed by atoms with Crippen molar-refractivity contribution >= 4 is 17.7 Å². The van der Waals surface area contributed by atoms with Crippen molar-refractivity contribution in [1.29, 1.82) is 0 Å². The number of hydrogen-bond donors (Lipinski definition) is 1. The van der Waals surface area contributed by atoms with Gasteiger partial charge in [-0.1, -0.05) is 20.8 Å². The number of amides is 1. The molecule has 0 saturated carbocycles. The van der Waals surface area contributed by atoms with Gasteiger partial charge in [0.15, 0.2) is 0 Å². The number of nitrogens with one attached hydrogen (secondary N) is 1. The van der Waals surface area contributed by atoms with Gasteiger partial charge in [-0.2, -0.15) is 11.8 Å². The van der Waals surface area contributed by atoms with Crippen LogP contribution in [0.3, 0.4) is 0 Å². The van der Waals surface area contributed by atoms with E-state index in [1.807, 2.05) is 11.8 Å². The first-order chi connectivity index (χ1) is 8.47. The summed E-state index contributed by atoms with van der Waals surface area (Å²) < 4.78 is 0.271. The highest BCUT2D eigenvalue weighted by Crippen LogP contribution is 2.39. The van der Waals surface area contributed by atoms with E-state index >= 15 is 0 Å². The van der Waals surface area contributed by atoms with E-state index in [1.54, 1.807) is 0 Å². The van der Waals surface area contributed by atoms with E-state index in [0.717, 1.165) is 13.0 Å². The Morgan fingerprint density at radius 1 is 1.56 bits per heavy atom. The normalized spacial score (nSPS) is 36.9. The Morgan fingerprint density at radius 2 is 2.28 bits per heavy atom. The summed E-state index contributed by atoms with van der Waals surface area (Å²) in [6.45, 7) is 9.69. The highest BCUT2D eigenvalue weighted by molar-refractivity contribution is 8.00. The zero-order valence-electron chi connectivity index (χ0n) is 12.0. The molecule has 3 unspecified atom stereocenters. The van der Waals surface area contributed by atoms with Gasteiger partial charge in [0.1, 0.15) is 0 Å². The second-order valence-corrected chi connectivity index (χ2v) is 7.87. The third kappa shape index (κ3) is 2.69. The van der Waals surface area contributed by atoms with Gasteiger partial charge in [0.05, 0.1) is 12.2 Å². The lowest BCUT2D eigenvalue weighted by Crippen LogP contribution is -2.47. The molecule has 2 rings (SSSR count). The summed E-state index contributed by atoms with van der Waals surface area (Å²) in [5, 5.41) is 3.50. The minimum Gasteiger partial charge on any atom is -0.324 e. The molecule has 0 radical (unpaired) electrons. The number of rotatable bonds is 4. The van der Waals surface area contributed by atoms with E-state index in [0.29, 0.717) is 11.8 Å². The maximum atomic E-state index is 12.4. The fourth-order valence-electron chi connectivity index (χ4n) is 3.05. The quantitative estimate of drug-likeness (QED) is 0.852. The number of nitrogens with zero attached hydrogens (tertiary/aromatic N) is 1. The molecule has 2 saturated heterocycles. The largest absolute Gasteiger partial charge is 0.324 e. The van der Waals surface area contributed by atoms with Gasteiger partial charge in [-0.3, -0.25) is 10.1 Å². The number of thioether (sulfide) groups is 1. The first kappa shape index (κ1) is 14.2. The van der Waals surface area contributed by atoms with Crippen LogP contribution in [0.15, 0.2) is 0 Å². The summed E-state index contributed by atoms with van der Waals surface area (Å²) in [7, 11) is 0. The van der Waals surface area contributed by atoms with Gasteiger partial charge in [-0.05, 0) is 37.9 Å². The molecule has 0 aromatic carbocycles. The summed E-state index contributed by atoms with van der Waals surface area (Å²) in [6, 6.07) is 0.0346. The predicted octanol–water partition coefficient (Wildman–Crippen LogP) is 2.46. The van der Waals surface area contributed by atoms with Crippen molar-refractivity contribution in [3.63, 3.8) is 0 Å². The lowest BCUT2D eigenvalue weighted by Gasteiger charge is -2.34. The Balaban J connectivity index is 2.10. The third-order valence-corrected chi connectivity index (χ3v) is 5.66. The molecule has 0 aromatic rings. The average molecular weight is 270 g/mol. The lowest BCUT2D eigenvalue weighted by atomic mass is 10.0. The van der Waals surface area contributed by atoms with Crippen molar-refractivity contribution in [2.24, 2.45) is 5.92 Å². The van der Waals surface area contributed by atoms with Crippen molar-refractivity contribution in [3.05, 3.63) is 0 Å². The fraction of sp³-hybridized carbons (Fsp3) is 0.929. The Hall–Kier alpha value is -0.220. The minimum atomic E-state index is 0.0346. The standard InChI is InChI=1S/C14H26N2OS/c1-5-11-13(17)16(12(15-11)10(2)3)9-14(4)7-6-8-18-14/h10-12,15H,5-9H2,1-4H3. The molecule has 2 aliphatic rings. The van der Waals surface area contributed by atoms with Crippen LogP contribution < -0.4 is 5.32 Å². The van der Waals surface area contributed by atoms with E-state index in [2.05, 4.69) is 37.9 Å². The van der Waals surface area contributed by atoms with Crippen molar-refractivity contribution in [2.75, 3.05) is 12.3 Å². The third-order valence-electron chi connectivity index (χ3n) is 4.13. The topological polar surface area (TPSA) is 32.3 Å². The van der Waals surface area contributed by atoms with E-state index in [9.17, 15) is 4.79 Å². The first-order valence-electron chi connectivity index (χ1n) is 7.17. The maximum Gasteiger partial charge on any atom is 0.241 e. The van der Waals surface area contributed by atoms with Crippen molar-refractivity contribution in [2.45, 2.75) is 63.9 Å². The zero-order valence-corrected chi connectivity index (χ0v) is 12.8. The molecular formula is C14H26N2OS. The summed E-state index contributed by atoms with van der Waals surface area (Å²) in [4.78, 5) is 14.5. The van der Waals surface area contributed by atoms with Crippen LogP contribution in [-0.4, -0.2) is 40.1 Å². The molecule has 3 atom stereocenters. The molecule has 1 amide bonds. The van der Waals surface area contributed by atoms with Crippen LogP contribution in [0.4, 0.5) is 0 Å². The van der Waals surface area contributed by atoms with Gasteiger partial charge in [-0.15, -0.1) is 0 Å². The summed E-state index contributed by atoms with van der Waals surface area (Å²) in [6.07, 6.45) is 3.64. The Bertz CT molecular complexity index is 313. The molecule has 3 nitrogen and oxygen atoms in total. The van der Waals surface area contributed by atoms with E-state index in [1.165, 1.54) is 18.6 Å². The molecule has 2 heterocycles. The monoisotopic (exact) mass is 270 g/mol. The van der Waals surface area contributed by atoms with Crippen molar-refractivity contribution in [1.82, 2.24) is 10.2 Å². The molecule has 18 heavy (non-hydrogen) atoms. The van der Waals surface area contributed by atoms with E-state index < -0.39 is 0 Å². The molecule has 0 bridgehead atoms. The van der Waals surface area contributed by atoms with Gasteiger partial charge in [-0.25, -0.2) is 0 Å². The highest BCUT2D eigenvalue weighted by atomic mass is 32.2. The molecule has 2 aliphatic heterocycles. The Morgan fingerprint density at radius 3 is 2.78 bits per heavy atom. The average Bonchev–Trinajstić information content (AvgIpc) is 2.86. The second-order valence-electron chi connectivity index (χ2n) is 6.18. The van der Waals surface area contributed by atoms with Gasteiger partial charge in [0.2, 0.25) is 5.91 Å². The van der Waals surface area contributed by atoms with Crippen molar-refractivity contribution < 1.29 is 4.79 Å². The number of hydrogen-bond acceptors (Lipinski definition) is 3. The van der Waals surface area contributed by atoms with Crippen LogP contribution in [0.1, 0.15) is 47.0 Å². The number of carbonyl (C=O) groups excluding carboxylic acids is 1. The van der Waals surface area contributed by atoms with E-state index in [-0.39, 0.29) is 17.0 Å². The molecule has 0 spiro atoms. The SMILES string of the molecule is CCC1NC(C(C)C)N(CC2(C)CCCS2)C1=O. The lowest BCUT2D eigenvalue weighted by molar-refractivity contribution is -0.130. The number of carbonyl (C=O) groups is 1. The summed E-state index contributed by atoms with van der Waals surface area (Å²) >= 11 is 2.03. The summed E-state index contributed by atoms with van der Waals surface area (Å²) in [5.74, 6) is 2.03. The fourth-order valence-corrected chi connectivity index (χ4v) is 4.35. The van der Waals surface area contributed by atoms with E-state index in [4.69, 9.17) is 0 Å². The Kier molecular flexibility index (Phi) is 4.27. The van der Waals surface area contributed by atoms with Crippen LogP contribution in [0.25, 0.3) is 0 Å². The van der Waals surface area contributed by atoms with Gasteiger partial charge in [0.25, 0.3) is 0 Å². The molecular weight excluding hydrogens is 244 g/mol. The smallest absolute Gasteiger partial charge is 0.241 e. The highest BCUT2D eigenvalue weighted by Gasteiger charge is 2.43. The van der Waals surface area contributed by atoms with Gasteiger partial charge >= 0.3 is 0 Å². The molecule has 0 aromatic heterocycles. The Labute approximate surface area is 115 Å². The molecule has 0 aliphatic carbocycles. The molecule has 1 N–H and O–H groups in total. The maximum absolute atomic E-state index is 12.4. The summed E-state index contributed by atoms with van der Waals surface area (Å²) in [5.41, 5.74) is 0. The minimum absolute atomic E-state index is 0.0346. The van der Waals surface area contributed by atoms with Gasteiger partial charge in [0, 0.05) is 11.3 Å². The van der Waals surface area contributed by atoms with Crippen LogP contribution in [0, 0.1) is 5.92 Å². The predicted molar refractivity (Wildman–Crippen MR) is 77.7 cm³/mol. The van der Waals surface area contributed by atoms with Crippen LogP contribution in [-0.2, 0) is 4.79 Å². The second kappa shape index (κ2) is 5.41.